The number of hydrogen-bond donors (Lipinski definition) is 2. The number of carbonyl (C=O) groups is 1. The summed E-state index contributed by atoms with van der Waals surface area (Å²) in [5.41, 5.74) is 6.12. The highest BCUT2D eigenvalue weighted by Crippen LogP contribution is 2.26. The molecule has 0 aliphatic carbocycles. The lowest BCUT2D eigenvalue weighted by molar-refractivity contribution is 0.0954. The number of nitrogens with zero attached hydrogens (tertiary/aromatic N) is 1. The predicted octanol–water partition coefficient (Wildman–Crippen LogP) is 3.91. The number of aromatic nitrogens is 1. The minimum atomic E-state index is -0.405. The van der Waals surface area contributed by atoms with Crippen LogP contribution in [0.25, 0.3) is 10.8 Å². The average Bonchev–Trinajstić information content (AvgIpc) is 2.87. The second-order valence-corrected chi connectivity index (χ2v) is 6.69. The van der Waals surface area contributed by atoms with Crippen molar-refractivity contribution < 1.29 is 9.18 Å². The number of carbonyl (C=O) groups excluding carboxylic acids is 1. The van der Waals surface area contributed by atoms with E-state index in [-0.39, 0.29) is 18.3 Å². The first kappa shape index (κ1) is 15.7. The molecule has 7 heteroatoms. The fourth-order valence-corrected chi connectivity index (χ4v) is 3.37. The zero-order chi connectivity index (χ0) is 16.6. The lowest BCUT2D eigenvalue weighted by Crippen LogP contribution is -2.22. The molecule has 2 aromatic heterocycles. The predicted molar refractivity (Wildman–Crippen MR) is 91.3 cm³/mol. The average molecular weight is 350 g/mol. The van der Waals surface area contributed by atoms with Gasteiger partial charge in [-0.05, 0) is 19.1 Å². The molecule has 3 N–H and O–H groups in total. The minimum Gasteiger partial charge on any atom is -0.383 e. The molecule has 0 atom stereocenters. The van der Waals surface area contributed by atoms with Crippen LogP contribution in [0.3, 0.4) is 0 Å². The van der Waals surface area contributed by atoms with Gasteiger partial charge < -0.3 is 11.1 Å². The Bertz CT molecular complexity index is 890. The Hall–Kier alpha value is -2.18. The molecule has 0 aliphatic rings. The van der Waals surface area contributed by atoms with Gasteiger partial charge in [-0.15, -0.1) is 11.3 Å². The molecule has 2 heterocycles. The van der Waals surface area contributed by atoms with E-state index < -0.39 is 5.82 Å². The number of benzene rings is 1. The summed E-state index contributed by atoms with van der Waals surface area (Å²) in [6.45, 7) is 1.92. The number of pyridine rings is 1. The van der Waals surface area contributed by atoms with Crippen molar-refractivity contribution in [3.8, 4) is 0 Å². The summed E-state index contributed by atoms with van der Waals surface area (Å²) in [5, 5.41) is 4.20. The minimum absolute atomic E-state index is 0.0808. The number of rotatable bonds is 3. The van der Waals surface area contributed by atoms with E-state index in [2.05, 4.69) is 10.3 Å². The normalized spacial score (nSPS) is 10.9. The number of aryl methyl sites for hydroxylation is 1. The van der Waals surface area contributed by atoms with Crippen LogP contribution in [0.1, 0.15) is 20.1 Å². The van der Waals surface area contributed by atoms with E-state index in [4.69, 9.17) is 17.3 Å². The molecule has 0 saturated carbocycles. The first-order valence-electron chi connectivity index (χ1n) is 6.83. The smallest absolute Gasteiger partial charge is 0.261 e. The molecule has 0 unspecified atom stereocenters. The van der Waals surface area contributed by atoms with Crippen LogP contribution in [-0.2, 0) is 6.54 Å². The Morgan fingerprint density at radius 1 is 1.39 bits per heavy atom. The number of nitrogens with one attached hydrogen (secondary N) is 1. The van der Waals surface area contributed by atoms with Gasteiger partial charge in [0.2, 0.25) is 0 Å². The summed E-state index contributed by atoms with van der Waals surface area (Å²) in [7, 11) is 0. The van der Waals surface area contributed by atoms with Crippen LogP contribution in [0.4, 0.5) is 10.2 Å². The molecule has 0 saturated heterocycles. The maximum absolute atomic E-state index is 14.5. The quantitative estimate of drug-likeness (QED) is 0.753. The van der Waals surface area contributed by atoms with Gasteiger partial charge in [-0.25, -0.2) is 9.37 Å². The molecule has 1 amide bonds. The van der Waals surface area contributed by atoms with Crippen molar-refractivity contribution in [2.45, 2.75) is 13.5 Å². The summed E-state index contributed by atoms with van der Waals surface area (Å²) in [6.07, 6.45) is 1.46. The van der Waals surface area contributed by atoms with E-state index in [9.17, 15) is 9.18 Å². The van der Waals surface area contributed by atoms with E-state index in [0.29, 0.717) is 26.2 Å². The van der Waals surface area contributed by atoms with Gasteiger partial charge in [0.25, 0.3) is 5.91 Å². The van der Waals surface area contributed by atoms with Crippen molar-refractivity contribution >= 4 is 45.4 Å². The second-order valence-electron chi connectivity index (χ2n) is 5.03. The Morgan fingerprint density at radius 2 is 2.17 bits per heavy atom. The van der Waals surface area contributed by atoms with E-state index in [0.717, 1.165) is 4.88 Å². The van der Waals surface area contributed by atoms with Crippen molar-refractivity contribution in [1.29, 1.82) is 0 Å². The van der Waals surface area contributed by atoms with E-state index in [1.54, 1.807) is 24.3 Å². The number of amides is 1. The summed E-state index contributed by atoms with van der Waals surface area (Å²) in [6, 6.07) is 6.48. The highest BCUT2D eigenvalue weighted by atomic mass is 35.5. The molecule has 0 radical (unpaired) electrons. The highest BCUT2D eigenvalue weighted by Gasteiger charge is 2.13. The van der Waals surface area contributed by atoms with Crippen molar-refractivity contribution in [2.24, 2.45) is 0 Å². The van der Waals surface area contributed by atoms with Crippen molar-refractivity contribution in [2.75, 3.05) is 5.73 Å². The van der Waals surface area contributed by atoms with Crippen LogP contribution >= 0.6 is 22.9 Å². The zero-order valence-electron chi connectivity index (χ0n) is 12.2. The SMILES string of the molecule is Cc1sc(C(=O)NCc2ccc3c(N)nccc3c2F)cc1Cl. The fraction of sp³-hybridized carbons (Fsp3) is 0.125. The molecule has 118 valence electrons. The lowest BCUT2D eigenvalue weighted by atomic mass is 10.1. The first-order valence-corrected chi connectivity index (χ1v) is 8.02. The van der Waals surface area contributed by atoms with Gasteiger partial charge in [0.05, 0.1) is 9.90 Å². The molecular weight excluding hydrogens is 337 g/mol. The lowest BCUT2D eigenvalue weighted by Gasteiger charge is -2.08. The topological polar surface area (TPSA) is 68.0 Å². The first-order chi connectivity index (χ1) is 11.0. The van der Waals surface area contributed by atoms with Crippen molar-refractivity contribution in [3.05, 3.63) is 56.6 Å². The third kappa shape index (κ3) is 3.00. The molecule has 0 aliphatic heterocycles. The van der Waals surface area contributed by atoms with Crippen LogP contribution < -0.4 is 11.1 Å². The van der Waals surface area contributed by atoms with Crippen LogP contribution in [0.15, 0.2) is 30.5 Å². The molecule has 0 spiro atoms. The number of thiophene rings is 1. The standard InChI is InChI=1S/C16H13ClFN3OS/c1-8-12(17)6-13(23-8)16(22)21-7-9-2-3-11-10(14(9)18)4-5-20-15(11)19/h2-6H,7H2,1H3,(H2,19,20)(H,21,22). The summed E-state index contributed by atoms with van der Waals surface area (Å²) < 4.78 is 14.5. The Balaban J connectivity index is 1.82. The molecule has 4 nitrogen and oxygen atoms in total. The van der Waals surface area contributed by atoms with Crippen LogP contribution in [0.2, 0.25) is 5.02 Å². The number of hydrogen-bond acceptors (Lipinski definition) is 4. The van der Waals surface area contributed by atoms with Gasteiger partial charge in [-0.1, -0.05) is 23.7 Å². The third-order valence-corrected chi connectivity index (χ3v) is 5.06. The molecule has 3 aromatic rings. The van der Waals surface area contributed by atoms with E-state index in [1.807, 2.05) is 6.92 Å². The zero-order valence-corrected chi connectivity index (χ0v) is 13.8. The largest absolute Gasteiger partial charge is 0.383 e. The molecule has 23 heavy (non-hydrogen) atoms. The molecular formula is C16H13ClFN3OS. The fourth-order valence-electron chi connectivity index (χ4n) is 2.26. The molecule has 0 fully saturated rings. The monoisotopic (exact) mass is 349 g/mol. The molecule has 1 aromatic carbocycles. The van der Waals surface area contributed by atoms with Gasteiger partial charge in [-0.3, -0.25) is 4.79 Å². The van der Waals surface area contributed by atoms with Gasteiger partial charge in [0, 0.05) is 34.0 Å². The molecule has 3 rings (SSSR count). The maximum atomic E-state index is 14.5. The summed E-state index contributed by atoms with van der Waals surface area (Å²) >= 11 is 7.25. The number of nitrogen functional groups attached to an aromatic ring is 1. The van der Waals surface area contributed by atoms with Crippen LogP contribution in [-0.4, -0.2) is 10.9 Å². The number of anilines is 1. The third-order valence-electron chi connectivity index (χ3n) is 3.51. The van der Waals surface area contributed by atoms with Crippen LogP contribution in [0, 0.1) is 12.7 Å². The van der Waals surface area contributed by atoms with Crippen molar-refractivity contribution in [1.82, 2.24) is 10.3 Å². The number of halogens is 2. The number of fused-ring (bicyclic) bond motifs is 1. The van der Waals surface area contributed by atoms with Crippen molar-refractivity contribution in [3.63, 3.8) is 0 Å². The van der Waals surface area contributed by atoms with Gasteiger partial charge >= 0.3 is 0 Å². The Kier molecular flexibility index (Phi) is 4.19. The van der Waals surface area contributed by atoms with Gasteiger partial charge in [0.1, 0.15) is 11.6 Å². The van der Waals surface area contributed by atoms with E-state index >= 15 is 0 Å². The van der Waals surface area contributed by atoms with E-state index in [1.165, 1.54) is 17.5 Å². The second kappa shape index (κ2) is 6.14. The number of nitrogens with two attached hydrogens (primary N) is 1. The maximum Gasteiger partial charge on any atom is 0.261 e. The Labute approximate surface area is 141 Å². The summed E-state index contributed by atoms with van der Waals surface area (Å²) in [5.74, 6) is -0.406. The highest BCUT2D eigenvalue weighted by molar-refractivity contribution is 7.14. The van der Waals surface area contributed by atoms with Gasteiger partial charge in [-0.2, -0.15) is 0 Å². The van der Waals surface area contributed by atoms with Gasteiger partial charge in [0.15, 0.2) is 0 Å². The van der Waals surface area contributed by atoms with Crippen LogP contribution in [0.5, 0.6) is 0 Å². The molecule has 0 bridgehead atoms. The Morgan fingerprint density at radius 3 is 2.87 bits per heavy atom. The summed E-state index contributed by atoms with van der Waals surface area (Å²) in [4.78, 5) is 17.4.